The van der Waals surface area contributed by atoms with Crippen LogP contribution in [0.4, 0.5) is 0 Å². The predicted octanol–water partition coefficient (Wildman–Crippen LogP) is 10.8. The van der Waals surface area contributed by atoms with Crippen molar-refractivity contribution in [2.45, 2.75) is 0 Å². The van der Waals surface area contributed by atoms with E-state index >= 15 is 0 Å². The van der Waals surface area contributed by atoms with Gasteiger partial charge in [-0.3, -0.25) is 0 Å². The Balaban J connectivity index is 0.919. The molecule has 4 nitrogen and oxygen atoms in total. The number of hydrogen-bond donors (Lipinski definition) is 0. The van der Waals surface area contributed by atoms with E-state index in [1.54, 1.807) is 0 Å². The van der Waals surface area contributed by atoms with Gasteiger partial charge in [0.25, 0.3) is 13.4 Å². The topological polar surface area (TPSA) is 28.3 Å². The number of para-hydroxylation sites is 3. The lowest BCUT2D eigenvalue weighted by Gasteiger charge is -2.34. The first-order chi connectivity index (χ1) is 32.7. The first-order valence-corrected chi connectivity index (χ1v) is 22.9. The molecule has 66 heavy (non-hydrogen) atoms. The summed E-state index contributed by atoms with van der Waals surface area (Å²) in [6.07, 6.45) is 0. The number of hydrogen-bond acceptors (Lipinski definition) is 2. The minimum absolute atomic E-state index is 0.0119. The van der Waals surface area contributed by atoms with Crippen LogP contribution in [0.15, 0.2) is 206 Å². The molecule has 0 unspecified atom stereocenters. The van der Waals surface area contributed by atoms with E-state index in [-0.39, 0.29) is 13.4 Å². The maximum atomic E-state index is 7.20. The van der Waals surface area contributed by atoms with Gasteiger partial charge >= 0.3 is 0 Å². The van der Waals surface area contributed by atoms with E-state index in [1.165, 1.54) is 110 Å². The minimum atomic E-state index is -0.0119. The Labute approximate surface area is 380 Å². The monoisotopic (exact) mass is 836 g/mol. The van der Waals surface area contributed by atoms with Crippen LogP contribution in [-0.4, -0.2) is 22.6 Å². The van der Waals surface area contributed by atoms with Crippen molar-refractivity contribution in [1.82, 2.24) is 9.13 Å². The van der Waals surface area contributed by atoms with E-state index < -0.39 is 0 Å². The molecule has 0 bridgehead atoms. The number of ether oxygens (including phenoxy) is 2. The third-order valence-electron chi connectivity index (χ3n) is 15.0. The Kier molecular flexibility index (Phi) is 6.68. The van der Waals surface area contributed by atoms with Crippen LogP contribution in [0.25, 0.3) is 88.4 Å². The van der Waals surface area contributed by atoms with Crippen molar-refractivity contribution in [3.63, 3.8) is 0 Å². The average molecular weight is 837 g/mol. The highest BCUT2D eigenvalue weighted by molar-refractivity contribution is 7.00. The van der Waals surface area contributed by atoms with Gasteiger partial charge in [-0.1, -0.05) is 133 Å². The molecular weight excluding hydrogens is 802 g/mol. The standard InChI is InChI=1S/C60H34B2N2O2/c1-3-13-35(14-4-1)38-24-28-52-47(33-38)61-45-18-8-11-21-50(45)64-49-27-23-37(31-44(49)42-26-30-53(65-52)57(61)60(42)64)39-32-43(36-15-5-2-6-16-36)56-55(34-39)66-54-29-25-41-40-17-7-10-20-48(40)63-51-22-12-9-19-46(51)62(56)58(54)59(41)63/h1-34H. The van der Waals surface area contributed by atoms with Crippen molar-refractivity contribution in [3.8, 4) is 67.8 Å². The minimum Gasteiger partial charge on any atom is -0.458 e. The van der Waals surface area contributed by atoms with Crippen LogP contribution in [0, 0.1) is 0 Å². The smallest absolute Gasteiger partial charge is 0.257 e. The van der Waals surface area contributed by atoms with Gasteiger partial charge in [-0.15, -0.1) is 0 Å². The van der Waals surface area contributed by atoms with Gasteiger partial charge in [-0.05, 0) is 139 Å². The summed E-state index contributed by atoms with van der Waals surface area (Å²) in [5.41, 5.74) is 21.8. The average Bonchev–Trinajstić information content (AvgIpc) is 3.91. The second-order valence-corrected chi connectivity index (χ2v) is 18.3. The molecule has 4 aliphatic rings. The van der Waals surface area contributed by atoms with Crippen LogP contribution in [-0.2, 0) is 0 Å². The normalized spacial score (nSPS) is 13.3. The molecule has 0 spiro atoms. The molecule has 12 aromatic rings. The Morgan fingerprint density at radius 3 is 1.62 bits per heavy atom. The van der Waals surface area contributed by atoms with E-state index in [0.717, 1.165) is 34.1 Å². The second-order valence-electron chi connectivity index (χ2n) is 18.3. The molecule has 0 aliphatic carbocycles. The molecule has 0 radical (unpaired) electrons. The van der Waals surface area contributed by atoms with Crippen molar-refractivity contribution in [1.29, 1.82) is 0 Å². The molecule has 0 atom stereocenters. The summed E-state index contributed by atoms with van der Waals surface area (Å²) in [7, 11) is 0. The number of aromatic nitrogens is 2. The van der Waals surface area contributed by atoms with Crippen LogP contribution < -0.4 is 42.3 Å². The maximum absolute atomic E-state index is 7.20. The lowest BCUT2D eigenvalue weighted by molar-refractivity contribution is 0.488. The van der Waals surface area contributed by atoms with Crippen molar-refractivity contribution >= 4 is 89.8 Å². The molecular formula is C60H34B2N2O2. The molecule has 4 aliphatic heterocycles. The molecule has 302 valence electrons. The SMILES string of the molecule is c1ccc(-c2ccc3c(c2)B2c4ccccc4-n4c5ccc(-c6cc7c(c(-c8ccccc8)c6)B6c8ccccc8-n8c9ccccc9c9ccc(c6c98)O7)cc5c5ccc(c2c54)O3)cc1. The highest BCUT2D eigenvalue weighted by Gasteiger charge is 2.43. The van der Waals surface area contributed by atoms with Crippen molar-refractivity contribution in [2.24, 2.45) is 0 Å². The van der Waals surface area contributed by atoms with Crippen molar-refractivity contribution in [3.05, 3.63) is 206 Å². The number of fused-ring (bicyclic) bond motifs is 16. The number of benzene rings is 10. The fraction of sp³-hybridized carbons (Fsp3) is 0. The molecule has 6 heterocycles. The van der Waals surface area contributed by atoms with Gasteiger partial charge in [0.15, 0.2) is 0 Å². The van der Waals surface area contributed by atoms with Crippen LogP contribution in [0.1, 0.15) is 0 Å². The molecule has 0 fully saturated rings. The predicted molar refractivity (Wildman–Crippen MR) is 274 cm³/mol. The van der Waals surface area contributed by atoms with Crippen LogP contribution in [0.3, 0.4) is 0 Å². The first-order valence-electron chi connectivity index (χ1n) is 22.9. The molecule has 0 amide bonds. The van der Waals surface area contributed by atoms with Gasteiger partial charge in [-0.25, -0.2) is 0 Å². The molecule has 0 saturated heterocycles. The summed E-state index contributed by atoms with van der Waals surface area (Å²) in [6.45, 7) is 0.0205. The van der Waals surface area contributed by atoms with E-state index in [1.807, 2.05) is 0 Å². The summed E-state index contributed by atoms with van der Waals surface area (Å²) in [4.78, 5) is 0. The van der Waals surface area contributed by atoms with Crippen LogP contribution in [0.5, 0.6) is 23.0 Å². The zero-order valence-corrected chi connectivity index (χ0v) is 35.5. The van der Waals surface area contributed by atoms with Crippen LogP contribution in [0.2, 0.25) is 0 Å². The summed E-state index contributed by atoms with van der Waals surface area (Å²) >= 11 is 0. The molecule has 0 saturated carbocycles. The van der Waals surface area contributed by atoms with Gasteiger partial charge in [0, 0.05) is 32.9 Å². The highest BCUT2D eigenvalue weighted by atomic mass is 16.5. The van der Waals surface area contributed by atoms with Crippen LogP contribution >= 0.6 is 0 Å². The molecule has 0 N–H and O–H groups in total. The number of nitrogens with zero attached hydrogens (tertiary/aromatic N) is 2. The van der Waals surface area contributed by atoms with Gasteiger partial charge in [0.05, 0.1) is 22.1 Å². The van der Waals surface area contributed by atoms with Gasteiger partial charge in [0.1, 0.15) is 23.0 Å². The first kappa shape index (κ1) is 34.9. The Hall–Kier alpha value is -8.47. The van der Waals surface area contributed by atoms with Crippen molar-refractivity contribution in [2.75, 3.05) is 0 Å². The Bertz CT molecular complexity index is 4130. The van der Waals surface area contributed by atoms with E-state index in [0.29, 0.717) is 0 Å². The highest BCUT2D eigenvalue weighted by Crippen LogP contribution is 2.44. The number of rotatable bonds is 3. The summed E-state index contributed by atoms with van der Waals surface area (Å²) in [5.74, 6) is 3.67. The fourth-order valence-corrected chi connectivity index (χ4v) is 12.3. The second kappa shape index (κ2) is 12.6. The van der Waals surface area contributed by atoms with E-state index in [9.17, 15) is 0 Å². The third-order valence-corrected chi connectivity index (χ3v) is 15.0. The van der Waals surface area contributed by atoms with Gasteiger partial charge in [0.2, 0.25) is 0 Å². The lowest BCUT2D eigenvalue weighted by Crippen LogP contribution is -2.58. The molecule has 10 aromatic carbocycles. The quantitative estimate of drug-likeness (QED) is 0.166. The summed E-state index contributed by atoms with van der Waals surface area (Å²) in [5, 5.41) is 4.96. The summed E-state index contributed by atoms with van der Waals surface area (Å²) in [6, 6.07) is 75.6. The maximum Gasteiger partial charge on any atom is 0.257 e. The zero-order chi connectivity index (χ0) is 42.8. The summed E-state index contributed by atoms with van der Waals surface area (Å²) < 4.78 is 19.0. The molecule has 6 heteroatoms. The molecule has 2 aromatic heterocycles. The van der Waals surface area contributed by atoms with E-state index in [2.05, 4.69) is 215 Å². The van der Waals surface area contributed by atoms with E-state index in [4.69, 9.17) is 9.47 Å². The van der Waals surface area contributed by atoms with Gasteiger partial charge < -0.3 is 18.6 Å². The largest absolute Gasteiger partial charge is 0.458 e. The Morgan fingerprint density at radius 1 is 0.303 bits per heavy atom. The fourth-order valence-electron chi connectivity index (χ4n) is 12.3. The zero-order valence-electron chi connectivity index (χ0n) is 35.5. The van der Waals surface area contributed by atoms with Crippen molar-refractivity contribution < 1.29 is 9.47 Å². The third kappa shape index (κ3) is 4.45. The Morgan fingerprint density at radius 2 is 0.864 bits per heavy atom. The molecule has 16 rings (SSSR count). The lowest BCUT2D eigenvalue weighted by atomic mass is 9.33. The van der Waals surface area contributed by atoms with Gasteiger partial charge in [-0.2, -0.15) is 0 Å².